The summed E-state index contributed by atoms with van der Waals surface area (Å²) in [5, 5.41) is 3.36. The lowest BCUT2D eigenvalue weighted by atomic mass is 10.0. The van der Waals surface area contributed by atoms with E-state index in [9.17, 15) is 0 Å². The van der Waals surface area contributed by atoms with E-state index in [2.05, 4.69) is 79.9 Å². The Hall–Kier alpha value is -4.46. The van der Waals surface area contributed by atoms with Crippen LogP contribution in [-0.2, 0) is 11.3 Å². The van der Waals surface area contributed by atoms with Crippen LogP contribution in [0.5, 0.6) is 0 Å². The van der Waals surface area contributed by atoms with Crippen molar-refractivity contribution in [1.29, 1.82) is 0 Å². The molecule has 1 aliphatic heterocycles. The Labute approximate surface area is 228 Å². The largest absolute Gasteiger partial charge is 0.382 e. The van der Waals surface area contributed by atoms with Gasteiger partial charge in [-0.25, -0.2) is 9.97 Å². The summed E-state index contributed by atoms with van der Waals surface area (Å²) in [6, 6.07) is 26.7. The van der Waals surface area contributed by atoms with E-state index in [1.165, 1.54) is 0 Å². The lowest BCUT2D eigenvalue weighted by Gasteiger charge is -2.18. The normalized spacial score (nSPS) is 14.6. The molecule has 0 saturated heterocycles. The molecule has 6 rings (SSSR count). The number of benzene rings is 3. The predicted molar refractivity (Wildman–Crippen MR) is 155 cm³/mol. The maximum absolute atomic E-state index is 6.45. The van der Waals surface area contributed by atoms with E-state index in [0.29, 0.717) is 12.4 Å². The van der Waals surface area contributed by atoms with Crippen LogP contribution in [0.4, 0.5) is 0 Å². The van der Waals surface area contributed by atoms with Crippen LogP contribution in [0.1, 0.15) is 36.6 Å². The minimum Gasteiger partial charge on any atom is -0.382 e. The third-order valence-corrected chi connectivity index (χ3v) is 7.14. The van der Waals surface area contributed by atoms with Crippen LogP contribution in [-0.4, -0.2) is 32.6 Å². The van der Waals surface area contributed by atoms with Crippen molar-refractivity contribution in [3.63, 3.8) is 0 Å². The lowest BCUT2D eigenvalue weighted by Crippen LogP contribution is -2.27. The van der Waals surface area contributed by atoms with Gasteiger partial charge in [0.05, 0.1) is 48.2 Å². The molecular formula is C32H32N6O. The molecule has 7 heteroatoms. The molecule has 0 saturated carbocycles. The third-order valence-electron chi connectivity index (χ3n) is 7.14. The van der Waals surface area contributed by atoms with Crippen LogP contribution in [0.2, 0.25) is 0 Å². The third kappa shape index (κ3) is 5.55. The summed E-state index contributed by atoms with van der Waals surface area (Å²) in [7, 11) is 0. The highest BCUT2D eigenvalue weighted by molar-refractivity contribution is 5.72. The van der Waals surface area contributed by atoms with Gasteiger partial charge in [0.1, 0.15) is 5.82 Å². The summed E-state index contributed by atoms with van der Waals surface area (Å²) >= 11 is 0. The molecule has 39 heavy (non-hydrogen) atoms. The number of imidazole rings is 2. The van der Waals surface area contributed by atoms with E-state index >= 15 is 0 Å². The number of nitrogens with zero attached hydrogens (tertiary/aromatic N) is 2. The summed E-state index contributed by atoms with van der Waals surface area (Å²) < 4.78 is 5.99. The molecule has 3 aromatic carbocycles. The Morgan fingerprint density at radius 2 is 1.41 bits per heavy atom. The first kappa shape index (κ1) is 24.9. The van der Waals surface area contributed by atoms with Gasteiger partial charge in [0.15, 0.2) is 5.82 Å². The van der Waals surface area contributed by atoms with Crippen molar-refractivity contribution in [2.24, 2.45) is 5.73 Å². The summed E-state index contributed by atoms with van der Waals surface area (Å²) in [6.07, 6.45) is 6.76. The van der Waals surface area contributed by atoms with E-state index in [1.54, 1.807) is 0 Å². The first-order valence-electron chi connectivity index (χ1n) is 13.3. The molecule has 7 nitrogen and oxygen atoms in total. The van der Waals surface area contributed by atoms with E-state index in [4.69, 9.17) is 10.5 Å². The van der Waals surface area contributed by atoms with Crippen molar-refractivity contribution in [3.05, 3.63) is 115 Å². The van der Waals surface area contributed by atoms with Gasteiger partial charge in [0.25, 0.3) is 0 Å². The highest BCUT2D eigenvalue weighted by atomic mass is 16.5. The molecule has 0 amide bonds. The van der Waals surface area contributed by atoms with Crippen molar-refractivity contribution in [2.45, 2.75) is 32.1 Å². The zero-order valence-corrected chi connectivity index (χ0v) is 21.9. The summed E-state index contributed by atoms with van der Waals surface area (Å²) in [6.45, 7) is 3.47. The zero-order valence-electron chi connectivity index (χ0n) is 21.9. The standard InChI is InChI=1S/C32H32N6O/c1-21(39-20-22-6-3-2-4-7-22)30(33)32-36-19-29(38-32)26-15-11-24(12-16-26)23-9-13-25(14-10-23)28-18-35-31(37-28)27-8-5-17-34-27/h2-4,6-16,18-19,21,30,34H,5,17,20,33H2,1H3,(H,35,37)(H,36,38)/t21-,30+/m1/s1. The molecule has 0 fully saturated rings. The molecule has 3 heterocycles. The fourth-order valence-electron chi connectivity index (χ4n) is 4.75. The van der Waals surface area contributed by atoms with Crippen LogP contribution >= 0.6 is 0 Å². The number of aromatic amines is 2. The van der Waals surface area contributed by atoms with Crippen molar-refractivity contribution in [2.75, 3.05) is 6.54 Å². The molecule has 5 N–H and O–H groups in total. The first-order chi connectivity index (χ1) is 19.1. The number of aromatic nitrogens is 4. The van der Waals surface area contributed by atoms with Crippen molar-refractivity contribution >= 4 is 5.70 Å². The summed E-state index contributed by atoms with van der Waals surface area (Å²) in [4.78, 5) is 15.9. The molecule has 196 valence electrons. The quantitative estimate of drug-likeness (QED) is 0.190. The second-order valence-corrected chi connectivity index (χ2v) is 9.84. The Morgan fingerprint density at radius 1 is 0.795 bits per heavy atom. The number of nitrogens with two attached hydrogens (primary N) is 1. The van der Waals surface area contributed by atoms with Crippen LogP contribution < -0.4 is 11.1 Å². The Balaban J connectivity index is 1.10. The number of nitrogens with one attached hydrogen (secondary N) is 3. The second-order valence-electron chi connectivity index (χ2n) is 9.84. The second kappa shape index (κ2) is 11.1. The van der Waals surface area contributed by atoms with Gasteiger partial charge in [0.2, 0.25) is 0 Å². The molecule has 5 aromatic rings. The van der Waals surface area contributed by atoms with E-state index in [-0.39, 0.29) is 12.1 Å². The molecule has 2 aromatic heterocycles. The molecule has 0 aliphatic carbocycles. The summed E-state index contributed by atoms with van der Waals surface area (Å²) in [5.41, 5.74) is 15.1. The van der Waals surface area contributed by atoms with Gasteiger partial charge in [-0.3, -0.25) is 0 Å². The van der Waals surface area contributed by atoms with Gasteiger partial charge in [-0.2, -0.15) is 0 Å². The number of hydrogen-bond acceptors (Lipinski definition) is 5. The minimum absolute atomic E-state index is 0.181. The maximum Gasteiger partial charge on any atom is 0.153 e. The van der Waals surface area contributed by atoms with Crippen LogP contribution in [0.3, 0.4) is 0 Å². The Kier molecular flexibility index (Phi) is 7.08. The smallest absolute Gasteiger partial charge is 0.153 e. The topological polar surface area (TPSA) is 105 Å². The van der Waals surface area contributed by atoms with E-state index < -0.39 is 0 Å². The van der Waals surface area contributed by atoms with Gasteiger partial charge >= 0.3 is 0 Å². The molecule has 0 spiro atoms. The first-order valence-corrected chi connectivity index (χ1v) is 13.3. The van der Waals surface area contributed by atoms with Crippen LogP contribution in [0.25, 0.3) is 39.3 Å². The van der Waals surface area contributed by atoms with Crippen LogP contribution in [0.15, 0.2) is 97.3 Å². The van der Waals surface area contributed by atoms with E-state index in [1.807, 2.05) is 49.6 Å². The van der Waals surface area contributed by atoms with Gasteiger partial charge in [-0.05, 0) is 41.2 Å². The van der Waals surface area contributed by atoms with Crippen molar-refractivity contribution < 1.29 is 4.74 Å². The SMILES string of the molecule is C[C@@H](OCc1ccccc1)[C@H](N)c1ncc(-c2ccc(-c3ccc(-c4cnc(C5=CCCN5)[nH]4)cc3)cc2)[nH]1. The molecule has 0 radical (unpaired) electrons. The van der Waals surface area contributed by atoms with Gasteiger partial charge in [-0.1, -0.05) is 84.9 Å². The molecular weight excluding hydrogens is 484 g/mol. The fourth-order valence-corrected chi connectivity index (χ4v) is 4.75. The van der Waals surface area contributed by atoms with Gasteiger partial charge in [-0.15, -0.1) is 0 Å². The highest BCUT2D eigenvalue weighted by Crippen LogP contribution is 2.28. The van der Waals surface area contributed by atoms with Gasteiger partial charge in [0, 0.05) is 6.54 Å². The van der Waals surface area contributed by atoms with Crippen LogP contribution in [0, 0.1) is 0 Å². The number of ether oxygens (including phenoxy) is 1. The lowest BCUT2D eigenvalue weighted by molar-refractivity contribution is 0.0341. The zero-order chi connectivity index (χ0) is 26.6. The van der Waals surface area contributed by atoms with E-state index in [0.717, 1.165) is 63.7 Å². The highest BCUT2D eigenvalue weighted by Gasteiger charge is 2.19. The monoisotopic (exact) mass is 516 g/mol. The number of hydrogen-bond donors (Lipinski definition) is 4. The average molecular weight is 517 g/mol. The number of rotatable bonds is 9. The predicted octanol–water partition coefficient (Wildman–Crippen LogP) is 6.07. The molecule has 0 bridgehead atoms. The minimum atomic E-state index is -0.350. The maximum atomic E-state index is 6.45. The molecule has 2 atom stereocenters. The molecule has 1 aliphatic rings. The fraction of sp³-hybridized carbons (Fsp3) is 0.188. The van der Waals surface area contributed by atoms with Crippen molar-refractivity contribution in [3.8, 4) is 33.6 Å². The summed E-state index contributed by atoms with van der Waals surface area (Å²) in [5.74, 6) is 1.60. The van der Waals surface area contributed by atoms with Crippen molar-refractivity contribution in [1.82, 2.24) is 25.3 Å². The number of H-pyrrole nitrogens is 2. The van der Waals surface area contributed by atoms with Gasteiger partial charge < -0.3 is 25.8 Å². The Bertz CT molecular complexity index is 1550. The average Bonchev–Trinajstić information content (AvgIpc) is 3.78. The Morgan fingerprint density at radius 3 is 2.05 bits per heavy atom. The molecule has 0 unspecified atom stereocenters.